The molecule has 2 aromatic rings. The fraction of sp³-hybridized carbons (Fsp3) is 0.429. The minimum Gasteiger partial charge on any atom is -0.378 e. The molecule has 0 aromatic heterocycles. The minimum absolute atomic E-state index is 0.00332. The van der Waals surface area contributed by atoms with Crippen LogP contribution >= 0.6 is 0 Å². The Hall–Kier alpha value is -1.68. The van der Waals surface area contributed by atoms with E-state index in [1.165, 1.54) is 11.1 Å². The average Bonchev–Trinajstić information content (AvgIpc) is 2.63. The molecule has 0 bridgehead atoms. The second-order valence-corrected chi connectivity index (χ2v) is 6.89. The Morgan fingerprint density at radius 1 is 1.00 bits per heavy atom. The van der Waals surface area contributed by atoms with Crippen molar-refractivity contribution in [2.24, 2.45) is 5.73 Å². The maximum Gasteiger partial charge on any atom is 0.0565 e. The first-order valence-corrected chi connectivity index (χ1v) is 8.86. The Morgan fingerprint density at radius 2 is 1.54 bits per heavy atom. The highest BCUT2D eigenvalue weighted by Gasteiger charge is 2.39. The Bertz CT molecular complexity index is 575. The summed E-state index contributed by atoms with van der Waals surface area (Å²) in [5.74, 6) is 0. The van der Waals surface area contributed by atoms with E-state index in [0.29, 0.717) is 6.54 Å². The number of rotatable bonds is 6. The van der Waals surface area contributed by atoms with Crippen LogP contribution in [0.25, 0.3) is 0 Å². The Kier molecular flexibility index (Phi) is 5.67. The molecule has 0 spiro atoms. The van der Waals surface area contributed by atoms with Crippen LogP contribution in [0, 0.1) is 0 Å². The van der Waals surface area contributed by atoms with Crippen molar-refractivity contribution < 1.29 is 4.74 Å². The van der Waals surface area contributed by atoms with Gasteiger partial charge in [-0.2, -0.15) is 0 Å². The zero-order chi connectivity index (χ0) is 16.8. The molecular weight excluding hydrogens is 296 g/mol. The molecule has 2 unspecified atom stereocenters. The number of hydrogen-bond donors (Lipinski definition) is 1. The van der Waals surface area contributed by atoms with Crippen molar-refractivity contribution in [1.29, 1.82) is 0 Å². The van der Waals surface area contributed by atoms with Gasteiger partial charge in [-0.1, -0.05) is 60.7 Å². The molecule has 24 heavy (non-hydrogen) atoms. The van der Waals surface area contributed by atoms with Gasteiger partial charge in [0.2, 0.25) is 0 Å². The van der Waals surface area contributed by atoms with Gasteiger partial charge >= 0.3 is 0 Å². The molecule has 128 valence electrons. The molecule has 0 radical (unpaired) electrons. The third-order valence-electron chi connectivity index (χ3n) is 5.12. The summed E-state index contributed by atoms with van der Waals surface area (Å²) in [6, 6.07) is 21.4. The Balaban J connectivity index is 1.87. The average molecular weight is 324 g/mol. The van der Waals surface area contributed by atoms with Gasteiger partial charge in [0.1, 0.15) is 0 Å². The van der Waals surface area contributed by atoms with Gasteiger partial charge in [0.15, 0.2) is 0 Å². The molecule has 2 atom stereocenters. The molecule has 1 aliphatic rings. The third kappa shape index (κ3) is 4.04. The van der Waals surface area contributed by atoms with Crippen LogP contribution in [-0.2, 0) is 17.8 Å². The third-order valence-corrected chi connectivity index (χ3v) is 5.12. The van der Waals surface area contributed by atoms with E-state index in [-0.39, 0.29) is 11.6 Å². The number of hydrogen-bond acceptors (Lipinski definition) is 3. The number of nitrogens with two attached hydrogens (primary N) is 1. The first-order valence-electron chi connectivity index (χ1n) is 8.86. The van der Waals surface area contributed by atoms with E-state index in [4.69, 9.17) is 10.5 Å². The van der Waals surface area contributed by atoms with E-state index in [0.717, 1.165) is 32.5 Å². The molecule has 1 saturated heterocycles. The van der Waals surface area contributed by atoms with Gasteiger partial charge in [0, 0.05) is 31.8 Å². The van der Waals surface area contributed by atoms with Gasteiger partial charge in [-0.25, -0.2) is 0 Å². The SMILES string of the molecule is CC1CC(CN)(N(Cc2ccccc2)Cc2ccccc2)CCO1. The first-order chi connectivity index (χ1) is 11.7. The van der Waals surface area contributed by atoms with Crippen LogP contribution in [-0.4, -0.2) is 29.7 Å². The molecule has 3 rings (SSSR count). The predicted molar refractivity (Wildman–Crippen MR) is 98.6 cm³/mol. The van der Waals surface area contributed by atoms with Crippen molar-refractivity contribution in [3.63, 3.8) is 0 Å². The molecule has 0 saturated carbocycles. The second-order valence-electron chi connectivity index (χ2n) is 6.89. The van der Waals surface area contributed by atoms with E-state index in [9.17, 15) is 0 Å². The predicted octanol–water partition coefficient (Wildman–Crippen LogP) is 3.59. The molecular formula is C21H28N2O. The van der Waals surface area contributed by atoms with Crippen molar-refractivity contribution in [3.8, 4) is 0 Å². The van der Waals surface area contributed by atoms with Gasteiger partial charge in [0.05, 0.1) is 6.10 Å². The second kappa shape index (κ2) is 7.93. The summed E-state index contributed by atoms with van der Waals surface area (Å²) in [6.45, 7) is 5.45. The van der Waals surface area contributed by atoms with E-state index < -0.39 is 0 Å². The molecule has 2 aromatic carbocycles. The lowest BCUT2D eigenvalue weighted by molar-refractivity contribution is -0.0699. The molecule has 1 fully saturated rings. The minimum atomic E-state index is 0.00332. The van der Waals surface area contributed by atoms with E-state index >= 15 is 0 Å². The maximum atomic E-state index is 6.31. The number of nitrogens with zero attached hydrogens (tertiary/aromatic N) is 1. The highest BCUT2D eigenvalue weighted by atomic mass is 16.5. The Morgan fingerprint density at radius 3 is 2.00 bits per heavy atom. The lowest BCUT2D eigenvalue weighted by Crippen LogP contribution is -2.57. The summed E-state index contributed by atoms with van der Waals surface area (Å²) in [6.07, 6.45) is 2.24. The van der Waals surface area contributed by atoms with Gasteiger partial charge in [-0.3, -0.25) is 4.90 Å². The molecule has 3 heteroatoms. The van der Waals surface area contributed by atoms with Crippen molar-refractivity contribution >= 4 is 0 Å². The zero-order valence-corrected chi connectivity index (χ0v) is 14.5. The number of benzene rings is 2. The van der Waals surface area contributed by atoms with Crippen molar-refractivity contribution in [2.75, 3.05) is 13.2 Å². The van der Waals surface area contributed by atoms with Gasteiger partial charge in [0.25, 0.3) is 0 Å². The first kappa shape index (κ1) is 17.2. The standard InChI is InChI=1S/C21H28N2O/c1-18-14-21(17-22,12-13-24-18)23(15-19-8-4-2-5-9-19)16-20-10-6-3-7-11-20/h2-11,18H,12-17,22H2,1H3. The zero-order valence-electron chi connectivity index (χ0n) is 14.5. The van der Waals surface area contributed by atoms with E-state index in [1.54, 1.807) is 0 Å². The lowest BCUT2D eigenvalue weighted by Gasteiger charge is -2.47. The highest BCUT2D eigenvalue weighted by Crippen LogP contribution is 2.33. The summed E-state index contributed by atoms with van der Waals surface area (Å²) >= 11 is 0. The molecule has 1 heterocycles. The van der Waals surface area contributed by atoms with Crippen LogP contribution < -0.4 is 5.73 Å². The molecule has 3 nitrogen and oxygen atoms in total. The number of ether oxygens (including phenoxy) is 1. The van der Waals surface area contributed by atoms with Gasteiger partial charge in [-0.05, 0) is 30.9 Å². The van der Waals surface area contributed by atoms with Crippen LogP contribution in [0.1, 0.15) is 30.9 Å². The van der Waals surface area contributed by atoms with Gasteiger partial charge < -0.3 is 10.5 Å². The van der Waals surface area contributed by atoms with Crippen LogP contribution in [0.5, 0.6) is 0 Å². The monoisotopic (exact) mass is 324 g/mol. The lowest BCUT2D eigenvalue weighted by atomic mass is 9.84. The highest BCUT2D eigenvalue weighted by molar-refractivity contribution is 5.18. The van der Waals surface area contributed by atoms with Crippen LogP contribution in [0.15, 0.2) is 60.7 Å². The summed E-state index contributed by atoms with van der Waals surface area (Å²) in [4.78, 5) is 2.57. The quantitative estimate of drug-likeness (QED) is 0.882. The van der Waals surface area contributed by atoms with E-state index in [1.807, 2.05) is 0 Å². The molecule has 0 aliphatic carbocycles. The topological polar surface area (TPSA) is 38.5 Å². The maximum absolute atomic E-state index is 6.31. The van der Waals surface area contributed by atoms with E-state index in [2.05, 4.69) is 72.5 Å². The Labute approximate surface area is 145 Å². The normalized spacial score (nSPS) is 24.2. The van der Waals surface area contributed by atoms with Crippen LogP contribution in [0.3, 0.4) is 0 Å². The fourth-order valence-electron chi connectivity index (χ4n) is 3.75. The molecule has 1 aliphatic heterocycles. The van der Waals surface area contributed by atoms with Crippen LogP contribution in [0.4, 0.5) is 0 Å². The largest absolute Gasteiger partial charge is 0.378 e. The van der Waals surface area contributed by atoms with Crippen molar-refractivity contribution in [2.45, 2.75) is 44.5 Å². The summed E-state index contributed by atoms with van der Waals surface area (Å²) in [5.41, 5.74) is 8.98. The van der Waals surface area contributed by atoms with Crippen molar-refractivity contribution in [3.05, 3.63) is 71.8 Å². The van der Waals surface area contributed by atoms with Crippen LogP contribution in [0.2, 0.25) is 0 Å². The summed E-state index contributed by atoms with van der Waals surface area (Å²) in [5, 5.41) is 0. The van der Waals surface area contributed by atoms with Crippen molar-refractivity contribution in [1.82, 2.24) is 4.90 Å². The van der Waals surface area contributed by atoms with Gasteiger partial charge in [-0.15, -0.1) is 0 Å². The molecule has 0 amide bonds. The molecule has 2 N–H and O–H groups in total. The smallest absolute Gasteiger partial charge is 0.0565 e. The summed E-state index contributed by atoms with van der Waals surface area (Å²) < 4.78 is 5.80. The fourth-order valence-corrected chi connectivity index (χ4v) is 3.75. The summed E-state index contributed by atoms with van der Waals surface area (Å²) in [7, 11) is 0.